The van der Waals surface area contributed by atoms with Crippen molar-refractivity contribution in [2.75, 3.05) is 13.1 Å². The Bertz CT molecular complexity index is 592. The van der Waals surface area contributed by atoms with Crippen LogP contribution < -0.4 is 0 Å². The Hall–Kier alpha value is -1.39. The highest BCUT2D eigenvalue weighted by Gasteiger charge is 2.23. The van der Waals surface area contributed by atoms with Gasteiger partial charge in [-0.25, -0.2) is 4.98 Å². The number of carbonyl (C=O) groups excluding carboxylic acids is 1. The largest absolute Gasteiger partial charge is 0.337 e. The van der Waals surface area contributed by atoms with Gasteiger partial charge in [0.05, 0.1) is 5.02 Å². The molecule has 0 atom stereocenters. The molecular weight excluding hydrogens is 268 g/mol. The fraction of sp³-hybridized carbons (Fsp3) is 0.231. The van der Waals surface area contributed by atoms with Crippen molar-refractivity contribution >= 4 is 28.8 Å². The van der Waals surface area contributed by atoms with Crippen LogP contribution in [0.3, 0.4) is 0 Å². The van der Waals surface area contributed by atoms with Crippen LogP contribution in [0.25, 0.3) is 10.6 Å². The van der Waals surface area contributed by atoms with E-state index in [0.717, 1.165) is 30.1 Å². The predicted octanol–water partition coefficient (Wildman–Crippen LogP) is 3.31. The Labute approximate surface area is 114 Å². The minimum Gasteiger partial charge on any atom is -0.337 e. The number of hydrogen-bond acceptors (Lipinski definition) is 3. The van der Waals surface area contributed by atoms with Gasteiger partial charge in [-0.1, -0.05) is 29.8 Å². The van der Waals surface area contributed by atoms with Gasteiger partial charge in [0.25, 0.3) is 5.91 Å². The van der Waals surface area contributed by atoms with Gasteiger partial charge in [-0.15, -0.1) is 11.3 Å². The van der Waals surface area contributed by atoms with Gasteiger partial charge in [0.1, 0.15) is 10.7 Å². The lowest BCUT2D eigenvalue weighted by atomic mass is 10.2. The molecule has 1 aromatic heterocycles. The average molecular weight is 279 g/mol. The van der Waals surface area contributed by atoms with Gasteiger partial charge in [0.2, 0.25) is 0 Å². The van der Waals surface area contributed by atoms with Gasteiger partial charge in [0.15, 0.2) is 0 Å². The Morgan fingerprint density at radius 3 is 2.78 bits per heavy atom. The first kappa shape index (κ1) is 11.7. The molecule has 0 unspecified atom stereocenters. The molecule has 0 radical (unpaired) electrons. The lowest BCUT2D eigenvalue weighted by molar-refractivity contribution is 0.0646. The first-order chi connectivity index (χ1) is 8.75. The summed E-state index contributed by atoms with van der Waals surface area (Å²) in [5, 5.41) is 3.26. The minimum absolute atomic E-state index is 0.0239. The maximum absolute atomic E-state index is 12.0. The second kappa shape index (κ2) is 4.71. The maximum Gasteiger partial charge on any atom is 0.273 e. The van der Waals surface area contributed by atoms with Crippen molar-refractivity contribution in [3.63, 3.8) is 0 Å². The van der Waals surface area contributed by atoms with Crippen molar-refractivity contribution in [1.82, 2.24) is 9.88 Å². The van der Waals surface area contributed by atoms with Crippen LogP contribution in [0.4, 0.5) is 0 Å². The van der Waals surface area contributed by atoms with Crippen LogP contribution in [-0.4, -0.2) is 28.9 Å². The number of likely N-dealkylation sites (tertiary alicyclic amines) is 1. The SMILES string of the molecule is O=C(c1csc(-c2ccccc2Cl)n1)N1CCC1. The molecular formula is C13H11ClN2OS. The van der Waals surface area contributed by atoms with Gasteiger partial charge in [-0.3, -0.25) is 4.79 Å². The van der Waals surface area contributed by atoms with Gasteiger partial charge in [0, 0.05) is 24.0 Å². The molecule has 5 heteroatoms. The van der Waals surface area contributed by atoms with Crippen molar-refractivity contribution in [2.45, 2.75) is 6.42 Å². The molecule has 0 saturated carbocycles. The van der Waals surface area contributed by atoms with Crippen LogP contribution in [-0.2, 0) is 0 Å². The quantitative estimate of drug-likeness (QED) is 0.844. The number of aromatic nitrogens is 1. The zero-order valence-electron chi connectivity index (χ0n) is 9.60. The summed E-state index contributed by atoms with van der Waals surface area (Å²) in [5.74, 6) is 0.0239. The summed E-state index contributed by atoms with van der Waals surface area (Å²) in [4.78, 5) is 18.2. The molecule has 92 valence electrons. The number of amides is 1. The molecule has 2 aromatic rings. The molecule has 18 heavy (non-hydrogen) atoms. The van der Waals surface area contributed by atoms with E-state index in [-0.39, 0.29) is 5.91 Å². The van der Waals surface area contributed by atoms with Gasteiger partial charge in [-0.2, -0.15) is 0 Å². The Balaban J connectivity index is 1.89. The first-order valence-electron chi connectivity index (χ1n) is 5.75. The number of thiazole rings is 1. The second-order valence-corrected chi connectivity index (χ2v) is 5.43. The fourth-order valence-electron chi connectivity index (χ4n) is 1.81. The van der Waals surface area contributed by atoms with Gasteiger partial charge < -0.3 is 4.90 Å². The van der Waals surface area contributed by atoms with E-state index in [1.54, 1.807) is 5.38 Å². The number of rotatable bonds is 2. The van der Waals surface area contributed by atoms with Gasteiger partial charge in [-0.05, 0) is 12.5 Å². The molecule has 0 N–H and O–H groups in total. The smallest absolute Gasteiger partial charge is 0.273 e. The fourth-order valence-corrected chi connectivity index (χ4v) is 2.93. The number of halogens is 1. The monoisotopic (exact) mass is 278 g/mol. The molecule has 3 nitrogen and oxygen atoms in total. The van der Waals surface area contributed by atoms with E-state index in [1.807, 2.05) is 29.2 Å². The second-order valence-electron chi connectivity index (χ2n) is 4.16. The van der Waals surface area contributed by atoms with E-state index in [0.29, 0.717) is 10.7 Å². The van der Waals surface area contributed by atoms with Gasteiger partial charge >= 0.3 is 0 Å². The van der Waals surface area contributed by atoms with E-state index in [9.17, 15) is 4.79 Å². The molecule has 0 bridgehead atoms. The Kier molecular flexibility index (Phi) is 3.06. The van der Waals surface area contributed by atoms with Crippen LogP contribution in [0, 0.1) is 0 Å². The Morgan fingerprint density at radius 1 is 1.33 bits per heavy atom. The zero-order valence-corrected chi connectivity index (χ0v) is 11.2. The standard InChI is InChI=1S/C13H11ClN2OS/c14-10-5-2-1-4-9(10)12-15-11(8-18-12)13(17)16-6-3-7-16/h1-2,4-5,8H,3,6-7H2. The highest BCUT2D eigenvalue weighted by atomic mass is 35.5. The van der Waals surface area contributed by atoms with Crippen molar-refractivity contribution in [2.24, 2.45) is 0 Å². The highest BCUT2D eigenvalue weighted by Crippen LogP contribution is 2.30. The molecule has 1 aromatic carbocycles. The first-order valence-corrected chi connectivity index (χ1v) is 7.01. The van der Waals surface area contributed by atoms with Crippen LogP contribution in [0.5, 0.6) is 0 Å². The summed E-state index contributed by atoms with van der Waals surface area (Å²) in [6.45, 7) is 1.69. The highest BCUT2D eigenvalue weighted by molar-refractivity contribution is 7.13. The third-order valence-electron chi connectivity index (χ3n) is 2.97. The van der Waals surface area contributed by atoms with Crippen LogP contribution in [0.1, 0.15) is 16.9 Å². The van der Waals surface area contributed by atoms with E-state index < -0.39 is 0 Å². The van der Waals surface area contributed by atoms with Crippen LogP contribution in [0.2, 0.25) is 5.02 Å². The third-order valence-corrected chi connectivity index (χ3v) is 4.18. The maximum atomic E-state index is 12.0. The number of carbonyl (C=O) groups is 1. The summed E-state index contributed by atoms with van der Waals surface area (Å²) < 4.78 is 0. The molecule has 1 fully saturated rings. The summed E-state index contributed by atoms with van der Waals surface area (Å²) in [6.07, 6.45) is 1.09. The van der Waals surface area contributed by atoms with E-state index in [2.05, 4.69) is 4.98 Å². The van der Waals surface area contributed by atoms with E-state index in [1.165, 1.54) is 11.3 Å². The summed E-state index contributed by atoms with van der Waals surface area (Å²) in [5.41, 5.74) is 1.40. The number of benzene rings is 1. The minimum atomic E-state index is 0.0239. The summed E-state index contributed by atoms with van der Waals surface area (Å²) >= 11 is 7.57. The molecule has 1 aliphatic heterocycles. The summed E-state index contributed by atoms with van der Waals surface area (Å²) in [7, 11) is 0. The normalized spacial score (nSPS) is 14.4. The van der Waals surface area contributed by atoms with Crippen LogP contribution in [0.15, 0.2) is 29.6 Å². The van der Waals surface area contributed by atoms with Crippen molar-refractivity contribution in [3.05, 3.63) is 40.4 Å². The van der Waals surface area contributed by atoms with Crippen molar-refractivity contribution in [1.29, 1.82) is 0 Å². The number of hydrogen-bond donors (Lipinski definition) is 0. The molecule has 1 aliphatic rings. The summed E-state index contributed by atoms with van der Waals surface area (Å²) in [6, 6.07) is 7.54. The molecule has 1 amide bonds. The van der Waals surface area contributed by atoms with Crippen LogP contribution >= 0.6 is 22.9 Å². The van der Waals surface area contributed by atoms with Crippen molar-refractivity contribution in [3.8, 4) is 10.6 Å². The lowest BCUT2D eigenvalue weighted by Gasteiger charge is -2.30. The molecule has 0 spiro atoms. The van der Waals surface area contributed by atoms with E-state index in [4.69, 9.17) is 11.6 Å². The Morgan fingerprint density at radius 2 is 2.11 bits per heavy atom. The number of nitrogens with zero attached hydrogens (tertiary/aromatic N) is 2. The topological polar surface area (TPSA) is 33.2 Å². The molecule has 1 saturated heterocycles. The molecule has 0 aliphatic carbocycles. The van der Waals surface area contributed by atoms with Crippen molar-refractivity contribution < 1.29 is 4.79 Å². The molecule has 2 heterocycles. The zero-order chi connectivity index (χ0) is 12.5. The predicted molar refractivity (Wildman–Crippen MR) is 73.1 cm³/mol. The average Bonchev–Trinajstić information content (AvgIpc) is 2.76. The third kappa shape index (κ3) is 2.02. The van der Waals surface area contributed by atoms with E-state index >= 15 is 0 Å². The molecule has 3 rings (SSSR count). The lowest BCUT2D eigenvalue weighted by Crippen LogP contribution is -2.42.